The Bertz CT molecular complexity index is 1130. The number of nitrogens with zero attached hydrogens (tertiary/aromatic N) is 3. The molecule has 0 saturated carbocycles. The Labute approximate surface area is 167 Å². The Morgan fingerprint density at radius 2 is 2.11 bits per heavy atom. The third-order valence-corrected chi connectivity index (χ3v) is 7.40. The Morgan fingerprint density at radius 1 is 1.25 bits per heavy atom. The summed E-state index contributed by atoms with van der Waals surface area (Å²) in [5, 5.41) is 0.735. The van der Waals surface area contributed by atoms with E-state index in [0.717, 1.165) is 54.3 Å². The largest absolute Gasteiger partial charge is 0.337 e. The lowest BCUT2D eigenvalue weighted by molar-refractivity contribution is -0.133. The van der Waals surface area contributed by atoms with Crippen molar-refractivity contribution in [2.75, 3.05) is 7.05 Å². The zero-order chi connectivity index (χ0) is 19.3. The van der Waals surface area contributed by atoms with Gasteiger partial charge in [-0.3, -0.25) is 14.2 Å². The van der Waals surface area contributed by atoms with E-state index in [-0.39, 0.29) is 24.1 Å². The molecular weight excluding hydrogens is 370 g/mol. The lowest BCUT2D eigenvalue weighted by atomic mass is 9.87. The fourth-order valence-corrected chi connectivity index (χ4v) is 5.91. The standard InChI is InChI=1S/C22H23N3O2S/c1-24(17-10-4-7-14-6-2-3-8-15(14)17)19(26)12-25-13-23-21-20(22(25)27)16-9-5-11-18(16)28-21/h2-3,6,8,13,17H,4-5,7,9-12H2,1H3/t17-/m1/s1. The summed E-state index contributed by atoms with van der Waals surface area (Å²) in [4.78, 5) is 34.5. The van der Waals surface area contributed by atoms with Crippen LogP contribution in [-0.2, 0) is 30.6 Å². The van der Waals surface area contributed by atoms with Crippen molar-refractivity contribution in [2.24, 2.45) is 0 Å². The van der Waals surface area contributed by atoms with Gasteiger partial charge in [0.15, 0.2) is 0 Å². The van der Waals surface area contributed by atoms with E-state index in [4.69, 9.17) is 0 Å². The molecule has 0 unspecified atom stereocenters. The molecule has 3 aromatic rings. The van der Waals surface area contributed by atoms with Crippen LogP contribution in [0, 0.1) is 0 Å². The van der Waals surface area contributed by atoms with Gasteiger partial charge in [-0.05, 0) is 55.2 Å². The van der Waals surface area contributed by atoms with Crippen LogP contribution >= 0.6 is 11.3 Å². The Morgan fingerprint density at radius 3 is 3.00 bits per heavy atom. The molecule has 5 rings (SSSR count). The zero-order valence-electron chi connectivity index (χ0n) is 16.0. The summed E-state index contributed by atoms with van der Waals surface area (Å²) in [7, 11) is 1.86. The maximum Gasteiger partial charge on any atom is 0.262 e. The first-order valence-corrected chi connectivity index (χ1v) is 10.8. The number of rotatable bonds is 3. The predicted molar refractivity (Wildman–Crippen MR) is 111 cm³/mol. The third-order valence-electron chi connectivity index (χ3n) is 6.20. The Balaban J connectivity index is 1.43. The summed E-state index contributed by atoms with van der Waals surface area (Å²) in [6.07, 6.45) is 7.74. The van der Waals surface area contributed by atoms with Crippen molar-refractivity contribution < 1.29 is 4.79 Å². The van der Waals surface area contributed by atoms with Crippen molar-refractivity contribution >= 4 is 27.5 Å². The van der Waals surface area contributed by atoms with Crippen LogP contribution in [0.25, 0.3) is 10.2 Å². The zero-order valence-corrected chi connectivity index (χ0v) is 16.8. The molecule has 1 amide bonds. The highest BCUT2D eigenvalue weighted by molar-refractivity contribution is 7.18. The van der Waals surface area contributed by atoms with Crippen LogP contribution in [0.5, 0.6) is 0 Å². The van der Waals surface area contributed by atoms with Crippen LogP contribution in [0.2, 0.25) is 0 Å². The van der Waals surface area contributed by atoms with E-state index in [1.807, 2.05) is 18.0 Å². The number of hydrogen-bond acceptors (Lipinski definition) is 4. The van der Waals surface area contributed by atoms with Crippen LogP contribution in [0.3, 0.4) is 0 Å². The molecule has 144 valence electrons. The van der Waals surface area contributed by atoms with Crippen molar-refractivity contribution in [3.8, 4) is 0 Å². The molecule has 0 saturated heterocycles. The number of fused-ring (bicyclic) bond motifs is 4. The van der Waals surface area contributed by atoms with Crippen molar-refractivity contribution in [3.63, 3.8) is 0 Å². The summed E-state index contributed by atoms with van der Waals surface area (Å²) in [5.41, 5.74) is 3.65. The maximum absolute atomic E-state index is 13.0. The van der Waals surface area contributed by atoms with E-state index in [1.54, 1.807) is 11.3 Å². The van der Waals surface area contributed by atoms with Crippen LogP contribution in [-0.4, -0.2) is 27.4 Å². The summed E-state index contributed by atoms with van der Waals surface area (Å²) in [6, 6.07) is 8.45. The quantitative estimate of drug-likeness (QED) is 0.685. The van der Waals surface area contributed by atoms with Crippen LogP contribution in [0.4, 0.5) is 0 Å². The van der Waals surface area contributed by atoms with Gasteiger partial charge in [0.05, 0.1) is 17.8 Å². The number of carbonyl (C=O) groups is 1. The molecule has 6 heteroatoms. The third kappa shape index (κ3) is 2.78. The first kappa shape index (κ1) is 17.6. The predicted octanol–water partition coefficient (Wildman–Crippen LogP) is 3.48. The van der Waals surface area contributed by atoms with Gasteiger partial charge in [-0.25, -0.2) is 4.98 Å². The smallest absolute Gasteiger partial charge is 0.262 e. The maximum atomic E-state index is 13.0. The summed E-state index contributed by atoms with van der Waals surface area (Å²) in [6.45, 7) is 0.0432. The minimum atomic E-state index is -0.0739. The normalized spacial score (nSPS) is 18.1. The lowest BCUT2D eigenvalue weighted by Gasteiger charge is -2.33. The van der Waals surface area contributed by atoms with E-state index in [9.17, 15) is 9.59 Å². The van der Waals surface area contributed by atoms with Crippen LogP contribution in [0.15, 0.2) is 35.4 Å². The SMILES string of the molecule is CN(C(=O)Cn1cnc2sc3c(c2c1=O)CCC3)[C@@H]1CCCc2ccccc21. The molecule has 0 aliphatic heterocycles. The van der Waals surface area contributed by atoms with Gasteiger partial charge in [-0.2, -0.15) is 0 Å². The average Bonchev–Trinajstić information content (AvgIpc) is 3.30. The van der Waals surface area contributed by atoms with Crippen molar-refractivity contribution in [1.29, 1.82) is 0 Å². The number of hydrogen-bond donors (Lipinski definition) is 0. The highest BCUT2D eigenvalue weighted by atomic mass is 32.1. The molecule has 28 heavy (non-hydrogen) atoms. The van der Waals surface area contributed by atoms with E-state index < -0.39 is 0 Å². The molecule has 0 radical (unpaired) electrons. The molecule has 2 aromatic heterocycles. The monoisotopic (exact) mass is 393 g/mol. The minimum Gasteiger partial charge on any atom is -0.337 e. The summed E-state index contributed by atoms with van der Waals surface area (Å²) in [5.74, 6) is -0.0446. The number of likely N-dealkylation sites (N-methyl/N-ethyl adjacent to an activating group) is 1. The van der Waals surface area contributed by atoms with Gasteiger partial charge in [-0.1, -0.05) is 24.3 Å². The number of aryl methyl sites for hydroxylation is 3. The molecule has 0 spiro atoms. The number of benzene rings is 1. The van der Waals surface area contributed by atoms with Gasteiger partial charge in [0.2, 0.25) is 5.91 Å². The molecule has 1 aromatic carbocycles. The Kier molecular flexibility index (Phi) is 4.31. The number of aromatic nitrogens is 2. The second kappa shape index (κ2) is 6.85. The number of carbonyl (C=O) groups excluding carboxylic acids is 1. The first-order valence-electron chi connectivity index (χ1n) is 9.96. The van der Waals surface area contributed by atoms with Gasteiger partial charge < -0.3 is 4.90 Å². The Hall–Kier alpha value is -2.47. The molecule has 0 bridgehead atoms. The molecule has 2 heterocycles. The van der Waals surface area contributed by atoms with Gasteiger partial charge in [0, 0.05) is 11.9 Å². The van der Waals surface area contributed by atoms with Gasteiger partial charge >= 0.3 is 0 Å². The molecule has 0 fully saturated rings. The van der Waals surface area contributed by atoms with Crippen molar-refractivity contribution in [1.82, 2.24) is 14.5 Å². The second-order valence-electron chi connectivity index (χ2n) is 7.83. The highest BCUT2D eigenvalue weighted by Gasteiger charge is 2.27. The van der Waals surface area contributed by atoms with E-state index in [1.165, 1.54) is 26.9 Å². The molecule has 0 N–H and O–H groups in total. The highest BCUT2D eigenvalue weighted by Crippen LogP contribution is 2.35. The van der Waals surface area contributed by atoms with Gasteiger partial charge in [0.1, 0.15) is 11.4 Å². The van der Waals surface area contributed by atoms with Gasteiger partial charge in [0.25, 0.3) is 5.56 Å². The fourth-order valence-electron chi connectivity index (χ4n) is 4.69. The van der Waals surface area contributed by atoms with Crippen molar-refractivity contribution in [3.05, 3.63) is 62.5 Å². The fraction of sp³-hybridized carbons (Fsp3) is 0.409. The van der Waals surface area contributed by atoms with E-state index in [2.05, 4.69) is 23.2 Å². The number of amides is 1. The van der Waals surface area contributed by atoms with Crippen LogP contribution in [0.1, 0.15) is 46.9 Å². The molecule has 5 nitrogen and oxygen atoms in total. The van der Waals surface area contributed by atoms with Gasteiger partial charge in [-0.15, -0.1) is 11.3 Å². The second-order valence-corrected chi connectivity index (χ2v) is 8.91. The average molecular weight is 394 g/mol. The summed E-state index contributed by atoms with van der Waals surface area (Å²) < 4.78 is 1.49. The molecule has 2 aliphatic rings. The molecule has 1 atom stereocenters. The molecule has 2 aliphatic carbocycles. The first-order chi connectivity index (χ1) is 13.6. The van der Waals surface area contributed by atoms with Crippen LogP contribution < -0.4 is 5.56 Å². The summed E-state index contributed by atoms with van der Waals surface area (Å²) >= 11 is 1.63. The minimum absolute atomic E-state index is 0.0432. The number of thiophene rings is 1. The van der Waals surface area contributed by atoms with Crippen molar-refractivity contribution in [2.45, 2.75) is 51.1 Å². The van der Waals surface area contributed by atoms with E-state index in [0.29, 0.717) is 0 Å². The van der Waals surface area contributed by atoms with E-state index >= 15 is 0 Å². The topological polar surface area (TPSA) is 55.2 Å². The lowest BCUT2D eigenvalue weighted by Crippen LogP contribution is -2.37. The molecular formula is C22H23N3O2S.